The van der Waals surface area contributed by atoms with Gasteiger partial charge in [-0.25, -0.2) is 0 Å². The molecule has 2 nitrogen and oxygen atoms in total. The van der Waals surface area contributed by atoms with E-state index in [1.165, 1.54) is 16.9 Å². The molecule has 0 aliphatic heterocycles. The van der Waals surface area contributed by atoms with Crippen LogP contribution in [0.15, 0.2) is 30.5 Å². The summed E-state index contributed by atoms with van der Waals surface area (Å²) in [5.41, 5.74) is 2.20. The Hall–Kier alpha value is -1.48. The zero-order chi connectivity index (χ0) is 12.3. The smallest absolute Gasteiger partial charge is 0.160 e. The molecule has 3 heteroatoms. The molecule has 0 atom stereocenters. The lowest BCUT2D eigenvalue weighted by molar-refractivity contribution is 0.112. The lowest BCUT2D eigenvalue weighted by atomic mass is 10.0. The van der Waals surface area contributed by atoms with Crippen molar-refractivity contribution >= 4 is 17.6 Å². The molecule has 2 rings (SSSR count). The summed E-state index contributed by atoms with van der Waals surface area (Å²) in [6, 6.07) is 7.91. The normalized spacial score (nSPS) is 10.8. The van der Waals surface area contributed by atoms with Crippen LogP contribution in [0, 0.1) is 5.92 Å². The fraction of sp³-hybridized carbons (Fsp3) is 0.286. The van der Waals surface area contributed by atoms with E-state index in [1.54, 1.807) is 0 Å². The van der Waals surface area contributed by atoms with Gasteiger partial charge in [-0.05, 0) is 36.1 Å². The molecular weight excluding hydrogens is 230 g/mol. The van der Waals surface area contributed by atoms with Crippen molar-refractivity contribution in [2.45, 2.75) is 20.3 Å². The quantitative estimate of drug-likeness (QED) is 0.766. The number of nitrogens with zero attached hydrogens (tertiary/aromatic N) is 1. The van der Waals surface area contributed by atoms with Gasteiger partial charge in [-0.15, -0.1) is 11.3 Å². The third-order valence-electron chi connectivity index (χ3n) is 2.46. The highest BCUT2D eigenvalue weighted by Gasteiger charge is 2.04. The summed E-state index contributed by atoms with van der Waals surface area (Å²) in [4.78, 5) is 16.8. The van der Waals surface area contributed by atoms with Gasteiger partial charge in [0, 0.05) is 6.20 Å². The molecule has 2 aromatic rings. The molecule has 0 aliphatic carbocycles. The number of rotatable bonds is 4. The number of thiophene rings is 1. The van der Waals surface area contributed by atoms with E-state index in [1.807, 2.05) is 24.4 Å². The van der Waals surface area contributed by atoms with E-state index in [4.69, 9.17) is 0 Å². The van der Waals surface area contributed by atoms with Crippen LogP contribution in [-0.4, -0.2) is 11.3 Å². The van der Waals surface area contributed by atoms with Gasteiger partial charge in [-0.2, -0.15) is 0 Å². The first-order valence-corrected chi connectivity index (χ1v) is 6.51. The van der Waals surface area contributed by atoms with Gasteiger partial charge >= 0.3 is 0 Å². The van der Waals surface area contributed by atoms with Crippen molar-refractivity contribution in [2.24, 2.45) is 5.92 Å². The monoisotopic (exact) mass is 245 g/mol. The molecule has 0 N–H and O–H groups in total. The minimum Gasteiger partial charge on any atom is -0.297 e. The fourth-order valence-electron chi connectivity index (χ4n) is 1.72. The highest BCUT2D eigenvalue weighted by Crippen LogP contribution is 2.25. The fourth-order valence-corrected chi connectivity index (χ4v) is 2.52. The third-order valence-corrected chi connectivity index (χ3v) is 3.50. The van der Waals surface area contributed by atoms with E-state index in [0.717, 1.165) is 28.2 Å². The predicted molar refractivity (Wildman–Crippen MR) is 71.5 cm³/mol. The molecule has 17 heavy (non-hydrogen) atoms. The average Bonchev–Trinajstić information content (AvgIpc) is 2.78. The molecule has 2 heterocycles. The van der Waals surface area contributed by atoms with E-state index < -0.39 is 0 Å². The van der Waals surface area contributed by atoms with Gasteiger partial charge in [-0.3, -0.25) is 9.78 Å². The molecule has 0 aliphatic rings. The summed E-state index contributed by atoms with van der Waals surface area (Å²) in [5, 5.41) is 0. The van der Waals surface area contributed by atoms with Gasteiger partial charge in [0.25, 0.3) is 0 Å². The topological polar surface area (TPSA) is 30.0 Å². The van der Waals surface area contributed by atoms with Crippen molar-refractivity contribution < 1.29 is 4.79 Å². The summed E-state index contributed by atoms with van der Waals surface area (Å²) < 4.78 is 0. The molecule has 0 spiro atoms. The van der Waals surface area contributed by atoms with Crippen LogP contribution in [0.1, 0.15) is 29.1 Å². The van der Waals surface area contributed by atoms with Crippen molar-refractivity contribution in [3.63, 3.8) is 0 Å². The van der Waals surface area contributed by atoms with Crippen LogP contribution in [0.3, 0.4) is 0 Å². The summed E-state index contributed by atoms with van der Waals surface area (Å²) in [7, 11) is 0. The highest BCUT2D eigenvalue weighted by molar-refractivity contribution is 7.17. The van der Waals surface area contributed by atoms with Crippen LogP contribution in [0.2, 0.25) is 0 Å². The second-order valence-corrected chi connectivity index (χ2v) is 5.58. The zero-order valence-electron chi connectivity index (χ0n) is 10.0. The lowest BCUT2D eigenvalue weighted by Crippen LogP contribution is -1.94. The SMILES string of the molecule is CC(C)Cc1ccc(-c2ccc(C=O)s2)nc1. The number of pyridine rings is 1. The Morgan fingerprint density at radius 3 is 2.65 bits per heavy atom. The molecular formula is C14H15NOS. The highest BCUT2D eigenvalue weighted by atomic mass is 32.1. The number of aldehydes is 1. The molecule has 2 aromatic heterocycles. The van der Waals surface area contributed by atoms with Crippen LogP contribution >= 0.6 is 11.3 Å². The summed E-state index contributed by atoms with van der Waals surface area (Å²) in [6.07, 6.45) is 3.86. The van der Waals surface area contributed by atoms with Gasteiger partial charge in [0.05, 0.1) is 15.4 Å². The minimum atomic E-state index is 0.644. The van der Waals surface area contributed by atoms with E-state index in [9.17, 15) is 4.79 Å². The number of carbonyl (C=O) groups is 1. The molecule has 0 fully saturated rings. The molecule has 0 radical (unpaired) electrons. The van der Waals surface area contributed by atoms with Crippen LogP contribution in [-0.2, 0) is 6.42 Å². The summed E-state index contributed by atoms with van der Waals surface area (Å²) >= 11 is 1.48. The van der Waals surface area contributed by atoms with Gasteiger partial charge in [-0.1, -0.05) is 19.9 Å². The van der Waals surface area contributed by atoms with E-state index >= 15 is 0 Å². The standard InChI is InChI=1S/C14H15NOS/c1-10(2)7-11-3-5-13(15-8-11)14-6-4-12(9-16)17-14/h3-6,8-10H,7H2,1-2H3. The van der Waals surface area contributed by atoms with E-state index in [0.29, 0.717) is 5.92 Å². The Balaban J connectivity index is 2.19. The number of hydrogen-bond donors (Lipinski definition) is 0. The zero-order valence-corrected chi connectivity index (χ0v) is 10.8. The first-order chi connectivity index (χ1) is 8.19. The van der Waals surface area contributed by atoms with Crippen molar-refractivity contribution in [1.82, 2.24) is 4.98 Å². The summed E-state index contributed by atoms with van der Waals surface area (Å²) in [6.45, 7) is 4.40. The number of aromatic nitrogens is 1. The largest absolute Gasteiger partial charge is 0.297 e. The van der Waals surface area contributed by atoms with Crippen molar-refractivity contribution in [1.29, 1.82) is 0 Å². The summed E-state index contributed by atoms with van der Waals surface area (Å²) in [5.74, 6) is 0.644. The third kappa shape index (κ3) is 3.01. The van der Waals surface area contributed by atoms with Gasteiger partial charge in [0.15, 0.2) is 6.29 Å². The van der Waals surface area contributed by atoms with Crippen molar-refractivity contribution in [3.05, 3.63) is 40.9 Å². The number of hydrogen-bond acceptors (Lipinski definition) is 3. The van der Waals surface area contributed by atoms with Crippen LogP contribution in [0.4, 0.5) is 0 Å². The molecule has 0 amide bonds. The Labute approximate surface area is 105 Å². The van der Waals surface area contributed by atoms with Gasteiger partial charge in [0.1, 0.15) is 0 Å². The molecule has 0 saturated carbocycles. The van der Waals surface area contributed by atoms with Crippen LogP contribution in [0.5, 0.6) is 0 Å². The predicted octanol–water partition coefficient (Wildman–Crippen LogP) is 3.82. The lowest BCUT2D eigenvalue weighted by Gasteiger charge is -2.04. The van der Waals surface area contributed by atoms with Crippen molar-refractivity contribution in [2.75, 3.05) is 0 Å². The Morgan fingerprint density at radius 1 is 1.29 bits per heavy atom. The van der Waals surface area contributed by atoms with Crippen LogP contribution in [0.25, 0.3) is 10.6 Å². The van der Waals surface area contributed by atoms with Crippen LogP contribution < -0.4 is 0 Å². The first-order valence-electron chi connectivity index (χ1n) is 5.69. The number of carbonyl (C=O) groups excluding carboxylic acids is 1. The first kappa shape index (κ1) is 12.0. The average molecular weight is 245 g/mol. The second-order valence-electron chi connectivity index (χ2n) is 4.47. The Kier molecular flexibility index (Phi) is 3.69. The van der Waals surface area contributed by atoms with Gasteiger partial charge < -0.3 is 0 Å². The maximum atomic E-state index is 10.6. The van der Waals surface area contributed by atoms with E-state index in [2.05, 4.69) is 24.9 Å². The van der Waals surface area contributed by atoms with E-state index in [-0.39, 0.29) is 0 Å². The molecule has 0 saturated heterocycles. The Bertz CT molecular complexity index is 499. The second kappa shape index (κ2) is 5.23. The van der Waals surface area contributed by atoms with Crippen molar-refractivity contribution in [3.8, 4) is 10.6 Å². The maximum absolute atomic E-state index is 10.6. The molecule has 0 bridgehead atoms. The Morgan fingerprint density at radius 2 is 2.12 bits per heavy atom. The van der Waals surface area contributed by atoms with Gasteiger partial charge in [0.2, 0.25) is 0 Å². The molecule has 0 aromatic carbocycles. The molecule has 88 valence electrons. The minimum absolute atomic E-state index is 0.644. The molecule has 0 unspecified atom stereocenters. The maximum Gasteiger partial charge on any atom is 0.160 e.